The minimum Gasteiger partial charge on any atom is -0.432 e. The summed E-state index contributed by atoms with van der Waals surface area (Å²) in [4.78, 5) is 6.72. The minimum atomic E-state index is 0.421. The number of hydrogen-bond donors (Lipinski definition) is 1. The Kier molecular flexibility index (Phi) is 6.05. The van der Waals surface area contributed by atoms with Crippen molar-refractivity contribution in [3.63, 3.8) is 0 Å². The fraction of sp³-hybridized carbons (Fsp3) is 0.769. The number of hydrogen-bond acceptors (Lipinski definition) is 4. The van der Waals surface area contributed by atoms with Gasteiger partial charge in [0.05, 0.1) is 5.69 Å². The fourth-order valence-electron chi connectivity index (χ4n) is 1.72. The monoisotopic (exact) mass is 239 g/mol. The van der Waals surface area contributed by atoms with Crippen LogP contribution in [0, 0.1) is 0 Å². The average molecular weight is 239 g/mol. The van der Waals surface area contributed by atoms with Gasteiger partial charge in [0.1, 0.15) is 6.26 Å². The molecule has 0 atom stereocenters. The normalized spacial score (nSPS) is 11.1. The van der Waals surface area contributed by atoms with E-state index < -0.39 is 0 Å². The Labute approximate surface area is 104 Å². The van der Waals surface area contributed by atoms with Gasteiger partial charge in [-0.25, -0.2) is 0 Å². The molecule has 0 saturated carbocycles. The lowest BCUT2D eigenvalue weighted by atomic mass is 10.3. The van der Waals surface area contributed by atoms with Crippen molar-refractivity contribution in [1.29, 1.82) is 0 Å². The molecule has 0 amide bonds. The topological polar surface area (TPSA) is 41.3 Å². The molecule has 0 unspecified atom stereocenters. The Hall–Kier alpha value is -1.03. The summed E-state index contributed by atoms with van der Waals surface area (Å²) in [5.74, 6) is 0. The molecular weight excluding hydrogens is 214 g/mol. The van der Waals surface area contributed by atoms with E-state index >= 15 is 0 Å². The average Bonchev–Trinajstić information content (AvgIpc) is 2.74. The van der Waals surface area contributed by atoms with Crippen molar-refractivity contribution >= 4 is 6.01 Å². The first-order chi connectivity index (χ1) is 8.19. The van der Waals surface area contributed by atoms with Crippen LogP contribution in [0.15, 0.2) is 10.7 Å². The molecule has 1 rings (SSSR count). The summed E-state index contributed by atoms with van der Waals surface area (Å²) < 4.78 is 5.55. The van der Waals surface area contributed by atoms with E-state index in [4.69, 9.17) is 4.42 Å². The number of nitrogens with zero attached hydrogens (tertiary/aromatic N) is 2. The maximum Gasteiger partial charge on any atom is 0.297 e. The lowest BCUT2D eigenvalue weighted by molar-refractivity contribution is 0.509. The predicted octanol–water partition coefficient (Wildman–Crippen LogP) is 2.80. The molecule has 1 aromatic rings. The SMILES string of the molecule is CCCNCc1coc(N(CCC)C(C)C)n1. The highest BCUT2D eigenvalue weighted by Crippen LogP contribution is 2.16. The number of aromatic nitrogens is 1. The third-order valence-corrected chi connectivity index (χ3v) is 2.61. The van der Waals surface area contributed by atoms with Gasteiger partial charge in [0.15, 0.2) is 0 Å². The molecule has 0 aliphatic carbocycles. The van der Waals surface area contributed by atoms with Crippen LogP contribution in [0.4, 0.5) is 6.01 Å². The van der Waals surface area contributed by atoms with Crippen molar-refractivity contribution < 1.29 is 4.42 Å². The van der Waals surface area contributed by atoms with E-state index in [0.717, 1.165) is 44.2 Å². The zero-order chi connectivity index (χ0) is 12.7. The van der Waals surface area contributed by atoms with Crippen LogP contribution in [0.2, 0.25) is 0 Å². The molecule has 0 saturated heterocycles. The van der Waals surface area contributed by atoms with E-state index in [1.807, 2.05) is 0 Å². The smallest absolute Gasteiger partial charge is 0.297 e. The standard InChI is InChI=1S/C13H25N3O/c1-5-7-14-9-12-10-17-13(15-12)16(8-6-2)11(3)4/h10-11,14H,5-9H2,1-4H3. The zero-order valence-corrected chi connectivity index (χ0v) is 11.5. The quantitative estimate of drug-likeness (QED) is 0.708. The van der Waals surface area contributed by atoms with Crippen LogP contribution in [0.5, 0.6) is 0 Å². The Morgan fingerprint density at radius 2 is 2.12 bits per heavy atom. The Morgan fingerprint density at radius 3 is 2.71 bits per heavy atom. The van der Waals surface area contributed by atoms with Crippen LogP contribution >= 0.6 is 0 Å². The van der Waals surface area contributed by atoms with Crippen molar-refractivity contribution in [3.8, 4) is 0 Å². The van der Waals surface area contributed by atoms with E-state index in [1.54, 1.807) is 6.26 Å². The first-order valence-electron chi connectivity index (χ1n) is 6.60. The molecule has 0 fully saturated rings. The third-order valence-electron chi connectivity index (χ3n) is 2.61. The number of anilines is 1. The van der Waals surface area contributed by atoms with E-state index in [0.29, 0.717) is 6.04 Å². The maximum absolute atomic E-state index is 5.55. The van der Waals surface area contributed by atoms with E-state index in [2.05, 4.69) is 42.9 Å². The number of rotatable bonds is 8. The Bertz CT molecular complexity index is 309. The van der Waals surface area contributed by atoms with Crippen molar-refractivity contribution in [2.24, 2.45) is 0 Å². The second-order valence-corrected chi connectivity index (χ2v) is 4.59. The molecule has 98 valence electrons. The van der Waals surface area contributed by atoms with Crippen LogP contribution in [-0.4, -0.2) is 24.1 Å². The van der Waals surface area contributed by atoms with Gasteiger partial charge in [-0.1, -0.05) is 13.8 Å². The summed E-state index contributed by atoms with van der Waals surface area (Å²) in [7, 11) is 0. The molecule has 0 bridgehead atoms. The zero-order valence-electron chi connectivity index (χ0n) is 11.5. The van der Waals surface area contributed by atoms with Gasteiger partial charge in [0.25, 0.3) is 6.01 Å². The predicted molar refractivity (Wildman–Crippen MR) is 71.3 cm³/mol. The molecule has 1 aromatic heterocycles. The minimum absolute atomic E-state index is 0.421. The Morgan fingerprint density at radius 1 is 1.35 bits per heavy atom. The molecule has 0 radical (unpaired) electrons. The molecule has 0 aromatic carbocycles. The van der Waals surface area contributed by atoms with E-state index in [9.17, 15) is 0 Å². The van der Waals surface area contributed by atoms with E-state index in [1.165, 1.54) is 0 Å². The van der Waals surface area contributed by atoms with Crippen LogP contribution in [0.1, 0.15) is 46.2 Å². The number of oxazole rings is 1. The van der Waals surface area contributed by atoms with Gasteiger partial charge in [-0.05, 0) is 33.2 Å². The summed E-state index contributed by atoms with van der Waals surface area (Å²) in [6.45, 7) is 11.4. The van der Waals surface area contributed by atoms with Crippen molar-refractivity contribution in [3.05, 3.63) is 12.0 Å². The fourth-order valence-corrected chi connectivity index (χ4v) is 1.72. The lowest BCUT2D eigenvalue weighted by Crippen LogP contribution is -2.31. The third kappa shape index (κ3) is 4.38. The molecule has 0 spiro atoms. The van der Waals surface area contributed by atoms with Crippen LogP contribution in [0.25, 0.3) is 0 Å². The molecule has 1 N–H and O–H groups in total. The van der Waals surface area contributed by atoms with Crippen LogP contribution in [-0.2, 0) is 6.54 Å². The highest BCUT2D eigenvalue weighted by molar-refractivity contribution is 5.28. The van der Waals surface area contributed by atoms with Gasteiger partial charge in [-0.2, -0.15) is 4.98 Å². The van der Waals surface area contributed by atoms with Gasteiger partial charge in [-0.3, -0.25) is 0 Å². The van der Waals surface area contributed by atoms with Crippen molar-refractivity contribution in [2.75, 3.05) is 18.0 Å². The number of nitrogens with one attached hydrogen (secondary N) is 1. The summed E-state index contributed by atoms with van der Waals surface area (Å²) in [5, 5.41) is 3.32. The molecule has 0 aliphatic rings. The highest BCUT2D eigenvalue weighted by Gasteiger charge is 2.15. The van der Waals surface area contributed by atoms with Gasteiger partial charge >= 0.3 is 0 Å². The first kappa shape index (κ1) is 14.0. The largest absolute Gasteiger partial charge is 0.432 e. The maximum atomic E-state index is 5.55. The van der Waals surface area contributed by atoms with Gasteiger partial charge in [0.2, 0.25) is 0 Å². The molecule has 17 heavy (non-hydrogen) atoms. The van der Waals surface area contributed by atoms with Gasteiger partial charge in [-0.15, -0.1) is 0 Å². The molecule has 0 aliphatic heterocycles. The summed E-state index contributed by atoms with van der Waals surface area (Å²) in [6, 6.07) is 1.17. The second-order valence-electron chi connectivity index (χ2n) is 4.59. The summed E-state index contributed by atoms with van der Waals surface area (Å²) >= 11 is 0. The van der Waals surface area contributed by atoms with Crippen LogP contribution < -0.4 is 10.2 Å². The molecular formula is C13H25N3O. The van der Waals surface area contributed by atoms with Crippen molar-refractivity contribution in [2.45, 2.75) is 53.1 Å². The lowest BCUT2D eigenvalue weighted by Gasteiger charge is -2.23. The second kappa shape index (κ2) is 7.33. The van der Waals surface area contributed by atoms with Gasteiger partial charge < -0.3 is 14.6 Å². The molecule has 4 heteroatoms. The summed E-state index contributed by atoms with van der Waals surface area (Å²) in [5.41, 5.74) is 0.982. The highest BCUT2D eigenvalue weighted by atomic mass is 16.4. The van der Waals surface area contributed by atoms with E-state index in [-0.39, 0.29) is 0 Å². The molecule has 1 heterocycles. The molecule has 4 nitrogen and oxygen atoms in total. The van der Waals surface area contributed by atoms with Gasteiger partial charge in [0, 0.05) is 19.1 Å². The Balaban J connectivity index is 2.58. The summed E-state index contributed by atoms with van der Waals surface area (Å²) in [6.07, 6.45) is 3.99. The van der Waals surface area contributed by atoms with Crippen molar-refractivity contribution in [1.82, 2.24) is 10.3 Å². The first-order valence-corrected chi connectivity index (χ1v) is 6.60. The van der Waals surface area contributed by atoms with Crippen LogP contribution in [0.3, 0.4) is 0 Å².